The molecule has 0 atom stereocenters. The number of methoxy groups -OCH3 is 1. The summed E-state index contributed by atoms with van der Waals surface area (Å²) >= 11 is 0. The van der Waals surface area contributed by atoms with Crippen molar-refractivity contribution in [3.05, 3.63) is 53.2 Å². The molecule has 0 aliphatic carbocycles. The molecule has 26 heavy (non-hydrogen) atoms. The first-order chi connectivity index (χ1) is 12.3. The summed E-state index contributed by atoms with van der Waals surface area (Å²) in [6.07, 6.45) is 5.07. The maximum atomic E-state index is 12.0. The molecule has 7 nitrogen and oxygen atoms in total. The monoisotopic (exact) mass is 355 g/mol. The summed E-state index contributed by atoms with van der Waals surface area (Å²) in [7, 11) is 1.27. The number of aromatic carboxylic acids is 1. The lowest BCUT2D eigenvalue weighted by atomic mass is 10.00. The molecule has 0 radical (unpaired) electrons. The Hall–Kier alpha value is -3.35. The molecule has 2 aromatic rings. The standard InChI is InChI=1S/C19H17NO6/c1-19(2)7-6-12-14(9-11(18(23)24-3)10-15(12)26-19)25-16-13(17(21)22)5-4-8-20-16/h4-10H,1-3H3,(H,21,22). The van der Waals surface area contributed by atoms with Gasteiger partial charge in [-0.1, -0.05) is 0 Å². The fraction of sp³-hybridized carbons (Fsp3) is 0.211. The Morgan fingerprint density at radius 1 is 1.27 bits per heavy atom. The van der Waals surface area contributed by atoms with Crippen molar-refractivity contribution in [3.63, 3.8) is 0 Å². The fourth-order valence-electron chi connectivity index (χ4n) is 2.51. The third kappa shape index (κ3) is 3.37. The molecule has 0 spiro atoms. The van der Waals surface area contributed by atoms with E-state index in [0.717, 1.165) is 0 Å². The first-order valence-electron chi connectivity index (χ1n) is 7.81. The molecule has 1 aromatic heterocycles. The number of fused-ring (bicyclic) bond motifs is 1. The Morgan fingerprint density at radius 2 is 2.04 bits per heavy atom. The SMILES string of the molecule is COC(=O)c1cc(Oc2ncccc2C(=O)O)c2c(c1)OC(C)(C)C=C2. The summed E-state index contributed by atoms with van der Waals surface area (Å²) in [5.74, 6) is -1.13. The van der Waals surface area contributed by atoms with Crippen LogP contribution in [-0.4, -0.2) is 34.7 Å². The maximum Gasteiger partial charge on any atom is 0.341 e. The van der Waals surface area contributed by atoms with Gasteiger partial charge in [0.25, 0.3) is 0 Å². The van der Waals surface area contributed by atoms with Gasteiger partial charge in [0.15, 0.2) is 0 Å². The van der Waals surface area contributed by atoms with Gasteiger partial charge in [0, 0.05) is 6.20 Å². The topological polar surface area (TPSA) is 95.0 Å². The van der Waals surface area contributed by atoms with Crippen LogP contribution in [0.3, 0.4) is 0 Å². The third-order valence-corrected chi connectivity index (χ3v) is 3.76. The van der Waals surface area contributed by atoms with E-state index in [1.807, 2.05) is 19.9 Å². The highest BCUT2D eigenvalue weighted by atomic mass is 16.5. The van der Waals surface area contributed by atoms with E-state index in [9.17, 15) is 14.7 Å². The molecular weight excluding hydrogens is 338 g/mol. The van der Waals surface area contributed by atoms with Gasteiger partial charge in [-0.15, -0.1) is 0 Å². The molecule has 0 saturated carbocycles. The highest BCUT2D eigenvalue weighted by molar-refractivity contribution is 5.92. The lowest BCUT2D eigenvalue weighted by Gasteiger charge is -2.29. The first kappa shape index (κ1) is 17.5. The van der Waals surface area contributed by atoms with Crippen LogP contribution in [0.15, 0.2) is 36.5 Å². The fourth-order valence-corrected chi connectivity index (χ4v) is 2.51. The Kier molecular flexibility index (Phi) is 4.38. The van der Waals surface area contributed by atoms with E-state index in [4.69, 9.17) is 14.2 Å². The molecule has 1 N–H and O–H groups in total. The second-order valence-corrected chi connectivity index (χ2v) is 6.18. The second kappa shape index (κ2) is 6.51. The summed E-state index contributed by atoms with van der Waals surface area (Å²) in [6.45, 7) is 3.75. The largest absolute Gasteiger partial charge is 0.483 e. The van der Waals surface area contributed by atoms with Gasteiger partial charge in [-0.25, -0.2) is 14.6 Å². The molecule has 0 saturated heterocycles. The number of hydrogen-bond acceptors (Lipinski definition) is 6. The minimum Gasteiger partial charge on any atom is -0.483 e. The number of rotatable bonds is 4. The molecular formula is C19H17NO6. The number of carbonyl (C=O) groups is 2. The number of pyridine rings is 1. The lowest BCUT2D eigenvalue weighted by Crippen LogP contribution is -2.27. The quantitative estimate of drug-likeness (QED) is 0.838. The van der Waals surface area contributed by atoms with E-state index in [1.165, 1.54) is 31.5 Å². The molecule has 1 aliphatic rings. The zero-order chi connectivity index (χ0) is 18.9. The first-order valence-corrected chi connectivity index (χ1v) is 7.81. The van der Waals surface area contributed by atoms with Gasteiger partial charge in [-0.05, 0) is 50.3 Å². The summed E-state index contributed by atoms with van der Waals surface area (Å²) in [5, 5.41) is 9.30. The van der Waals surface area contributed by atoms with Gasteiger partial charge >= 0.3 is 11.9 Å². The van der Waals surface area contributed by atoms with Crippen molar-refractivity contribution in [2.45, 2.75) is 19.4 Å². The molecule has 0 fully saturated rings. The predicted octanol–water partition coefficient (Wildman–Crippen LogP) is 3.54. The molecule has 2 heterocycles. The van der Waals surface area contributed by atoms with Crippen LogP contribution in [0.25, 0.3) is 6.08 Å². The van der Waals surface area contributed by atoms with Crippen LogP contribution in [0, 0.1) is 0 Å². The number of nitrogens with zero attached hydrogens (tertiary/aromatic N) is 1. The zero-order valence-electron chi connectivity index (χ0n) is 14.5. The molecule has 0 amide bonds. The van der Waals surface area contributed by atoms with Crippen LogP contribution < -0.4 is 9.47 Å². The minimum absolute atomic E-state index is 0.0811. The number of hydrogen-bond donors (Lipinski definition) is 1. The average Bonchev–Trinajstić information content (AvgIpc) is 2.60. The van der Waals surface area contributed by atoms with E-state index in [2.05, 4.69) is 4.98 Å². The summed E-state index contributed by atoms with van der Waals surface area (Å²) < 4.78 is 16.4. The molecule has 0 unspecified atom stereocenters. The Morgan fingerprint density at radius 3 is 2.73 bits per heavy atom. The third-order valence-electron chi connectivity index (χ3n) is 3.76. The Bertz CT molecular complexity index is 916. The Labute approximate surface area is 149 Å². The summed E-state index contributed by atoms with van der Waals surface area (Å²) in [5.41, 5.74) is 0.154. The molecule has 134 valence electrons. The van der Waals surface area contributed by atoms with Crippen molar-refractivity contribution >= 4 is 18.0 Å². The van der Waals surface area contributed by atoms with Crippen LogP contribution in [0.2, 0.25) is 0 Å². The Balaban J connectivity index is 2.12. The number of ether oxygens (including phenoxy) is 3. The van der Waals surface area contributed by atoms with Gasteiger partial charge < -0.3 is 19.3 Å². The minimum atomic E-state index is -1.17. The molecule has 0 bridgehead atoms. The van der Waals surface area contributed by atoms with Crippen molar-refractivity contribution in [3.8, 4) is 17.4 Å². The van der Waals surface area contributed by atoms with Gasteiger partial charge in [-0.2, -0.15) is 0 Å². The van der Waals surface area contributed by atoms with Gasteiger partial charge in [0.2, 0.25) is 5.88 Å². The van der Waals surface area contributed by atoms with E-state index in [1.54, 1.807) is 12.1 Å². The summed E-state index contributed by atoms with van der Waals surface area (Å²) in [6, 6.07) is 5.92. The van der Waals surface area contributed by atoms with Crippen LogP contribution in [0.4, 0.5) is 0 Å². The van der Waals surface area contributed by atoms with Crippen LogP contribution >= 0.6 is 0 Å². The van der Waals surface area contributed by atoms with Crippen molar-refractivity contribution in [2.24, 2.45) is 0 Å². The lowest BCUT2D eigenvalue weighted by molar-refractivity contribution is 0.0597. The van der Waals surface area contributed by atoms with Crippen molar-refractivity contribution in [2.75, 3.05) is 7.11 Å². The number of carboxylic acids is 1. The van der Waals surface area contributed by atoms with E-state index < -0.39 is 17.5 Å². The van der Waals surface area contributed by atoms with Gasteiger partial charge in [0.1, 0.15) is 22.7 Å². The normalized spacial score (nSPS) is 14.1. The van der Waals surface area contributed by atoms with Crippen LogP contribution in [0.1, 0.15) is 40.1 Å². The van der Waals surface area contributed by atoms with Gasteiger partial charge in [-0.3, -0.25) is 0 Å². The molecule has 3 rings (SSSR count). The molecule has 1 aliphatic heterocycles. The van der Waals surface area contributed by atoms with Crippen LogP contribution in [0.5, 0.6) is 17.4 Å². The van der Waals surface area contributed by atoms with E-state index in [-0.39, 0.29) is 22.8 Å². The van der Waals surface area contributed by atoms with Crippen molar-refractivity contribution in [1.82, 2.24) is 4.98 Å². The average molecular weight is 355 g/mol. The highest BCUT2D eigenvalue weighted by Crippen LogP contribution is 2.40. The van der Waals surface area contributed by atoms with Gasteiger partial charge in [0.05, 0.1) is 18.2 Å². The predicted molar refractivity (Wildman–Crippen MR) is 92.8 cm³/mol. The summed E-state index contributed by atoms with van der Waals surface area (Å²) in [4.78, 5) is 27.3. The second-order valence-electron chi connectivity index (χ2n) is 6.18. The smallest absolute Gasteiger partial charge is 0.341 e. The van der Waals surface area contributed by atoms with Crippen molar-refractivity contribution < 1.29 is 28.9 Å². The number of carbonyl (C=O) groups excluding carboxylic acids is 1. The number of carboxylic acid groups (broad SMARTS) is 1. The highest BCUT2D eigenvalue weighted by Gasteiger charge is 2.27. The molecule has 1 aromatic carbocycles. The van der Waals surface area contributed by atoms with Crippen LogP contribution in [-0.2, 0) is 4.74 Å². The number of benzene rings is 1. The zero-order valence-corrected chi connectivity index (χ0v) is 14.5. The van der Waals surface area contributed by atoms with Crippen molar-refractivity contribution in [1.29, 1.82) is 0 Å². The maximum absolute atomic E-state index is 12.0. The van der Waals surface area contributed by atoms with E-state index in [0.29, 0.717) is 11.3 Å². The number of aromatic nitrogens is 1. The molecule has 7 heteroatoms. The van der Waals surface area contributed by atoms with E-state index >= 15 is 0 Å². The number of esters is 1.